The minimum Gasteiger partial charge on any atom is -0.468 e. The van der Waals surface area contributed by atoms with E-state index in [1.54, 1.807) is 25.3 Å². The van der Waals surface area contributed by atoms with Crippen LogP contribution in [0.5, 0.6) is 0 Å². The second-order valence-corrected chi connectivity index (χ2v) is 9.76. The van der Waals surface area contributed by atoms with Gasteiger partial charge in [-0.2, -0.15) is 0 Å². The number of halogens is 1. The lowest BCUT2D eigenvalue weighted by molar-refractivity contribution is 0.0934. The van der Waals surface area contributed by atoms with E-state index < -0.39 is 15.8 Å². The van der Waals surface area contributed by atoms with Crippen LogP contribution in [0.3, 0.4) is 0 Å². The molecule has 1 aliphatic heterocycles. The van der Waals surface area contributed by atoms with Crippen molar-refractivity contribution in [2.45, 2.75) is 30.7 Å². The molecule has 1 saturated heterocycles. The van der Waals surface area contributed by atoms with Crippen molar-refractivity contribution < 1.29 is 22.0 Å². The van der Waals surface area contributed by atoms with Gasteiger partial charge in [0, 0.05) is 17.8 Å². The van der Waals surface area contributed by atoms with Gasteiger partial charge in [0.25, 0.3) is 15.9 Å². The average molecular weight is 472 g/mol. The standard InChI is InChI=1S/C24H26FN3O4S/c1-17-9-10-20(15-21(17)25)33(30,31)27-19-7-4-6-18(14-19)24(29)26-16-22(23-8-5-13-32-23)28-11-2-3-12-28/h4-10,13-15,22,27H,2-3,11-12,16H2,1H3,(H,26,29)/t22-/m1/s1. The van der Waals surface area contributed by atoms with Crippen LogP contribution in [0, 0.1) is 12.7 Å². The van der Waals surface area contributed by atoms with Gasteiger partial charge < -0.3 is 9.73 Å². The van der Waals surface area contributed by atoms with Crippen LogP contribution in [0.1, 0.15) is 40.6 Å². The van der Waals surface area contributed by atoms with Crippen molar-refractivity contribution in [1.82, 2.24) is 10.2 Å². The number of nitrogens with zero attached hydrogens (tertiary/aromatic N) is 1. The van der Waals surface area contributed by atoms with Crippen LogP contribution in [0.15, 0.2) is 70.2 Å². The van der Waals surface area contributed by atoms with Gasteiger partial charge >= 0.3 is 0 Å². The molecule has 0 radical (unpaired) electrons. The molecule has 0 spiro atoms. The Bertz CT molecular complexity index is 1220. The number of furan rings is 1. The highest BCUT2D eigenvalue weighted by molar-refractivity contribution is 7.92. The smallest absolute Gasteiger partial charge is 0.261 e. The Kier molecular flexibility index (Phi) is 6.80. The van der Waals surface area contributed by atoms with Crippen LogP contribution in [0.25, 0.3) is 0 Å². The van der Waals surface area contributed by atoms with Crippen molar-refractivity contribution >= 4 is 21.6 Å². The van der Waals surface area contributed by atoms with Crippen LogP contribution in [0.4, 0.5) is 10.1 Å². The van der Waals surface area contributed by atoms with Gasteiger partial charge in [0.15, 0.2) is 0 Å². The number of carbonyl (C=O) groups excluding carboxylic acids is 1. The second kappa shape index (κ2) is 9.76. The number of hydrogen-bond donors (Lipinski definition) is 2. The molecule has 7 nitrogen and oxygen atoms in total. The zero-order valence-corrected chi connectivity index (χ0v) is 19.1. The summed E-state index contributed by atoms with van der Waals surface area (Å²) in [6.07, 6.45) is 3.84. The molecular weight excluding hydrogens is 445 g/mol. The number of hydrogen-bond acceptors (Lipinski definition) is 5. The summed E-state index contributed by atoms with van der Waals surface area (Å²) >= 11 is 0. The molecule has 0 aliphatic carbocycles. The van der Waals surface area contributed by atoms with E-state index in [0.29, 0.717) is 17.7 Å². The van der Waals surface area contributed by atoms with Crippen molar-refractivity contribution in [2.24, 2.45) is 0 Å². The first-order valence-electron chi connectivity index (χ1n) is 10.8. The lowest BCUT2D eigenvalue weighted by Crippen LogP contribution is -2.36. The molecule has 2 N–H and O–H groups in total. The largest absolute Gasteiger partial charge is 0.468 e. The van der Waals surface area contributed by atoms with Crippen LogP contribution >= 0.6 is 0 Å². The molecule has 0 saturated carbocycles. The lowest BCUT2D eigenvalue weighted by Gasteiger charge is -2.26. The van der Waals surface area contributed by atoms with Gasteiger partial charge in [-0.3, -0.25) is 14.4 Å². The zero-order chi connectivity index (χ0) is 23.4. The molecule has 1 aliphatic rings. The molecule has 1 amide bonds. The fraction of sp³-hybridized carbons (Fsp3) is 0.292. The molecule has 1 aromatic heterocycles. The quantitative estimate of drug-likeness (QED) is 0.516. The van der Waals surface area contributed by atoms with Crippen molar-refractivity contribution in [1.29, 1.82) is 0 Å². The van der Waals surface area contributed by atoms with E-state index in [-0.39, 0.29) is 22.5 Å². The predicted octanol–water partition coefficient (Wildman–Crippen LogP) is 4.09. The number of carbonyl (C=O) groups is 1. The van der Waals surface area contributed by atoms with E-state index in [4.69, 9.17) is 4.42 Å². The van der Waals surface area contributed by atoms with Gasteiger partial charge in [0.1, 0.15) is 11.6 Å². The number of benzene rings is 2. The Morgan fingerprint density at radius 1 is 1.12 bits per heavy atom. The first-order chi connectivity index (χ1) is 15.8. The highest BCUT2D eigenvalue weighted by atomic mass is 32.2. The van der Waals surface area contributed by atoms with Crippen LogP contribution in [-0.4, -0.2) is 38.9 Å². The second-order valence-electron chi connectivity index (χ2n) is 8.08. The minimum atomic E-state index is -4.00. The Hall–Kier alpha value is -3.17. The lowest BCUT2D eigenvalue weighted by atomic mass is 10.1. The number of nitrogens with one attached hydrogen (secondary N) is 2. The highest BCUT2D eigenvalue weighted by Crippen LogP contribution is 2.25. The van der Waals surface area contributed by atoms with Crippen molar-refractivity contribution in [3.63, 3.8) is 0 Å². The fourth-order valence-electron chi connectivity index (χ4n) is 3.91. The Morgan fingerprint density at radius 3 is 2.61 bits per heavy atom. The maximum Gasteiger partial charge on any atom is 0.261 e. The van der Waals surface area contributed by atoms with E-state index in [0.717, 1.165) is 37.8 Å². The summed E-state index contributed by atoms with van der Waals surface area (Å²) < 4.78 is 47.1. The van der Waals surface area contributed by atoms with E-state index in [9.17, 15) is 17.6 Å². The summed E-state index contributed by atoms with van der Waals surface area (Å²) in [6.45, 7) is 3.81. The molecule has 0 bridgehead atoms. The number of aryl methyl sites for hydroxylation is 1. The highest BCUT2D eigenvalue weighted by Gasteiger charge is 2.26. The maximum absolute atomic E-state index is 13.8. The predicted molar refractivity (Wildman–Crippen MR) is 123 cm³/mol. The van der Waals surface area contributed by atoms with Crippen molar-refractivity contribution in [2.75, 3.05) is 24.4 Å². The summed E-state index contributed by atoms with van der Waals surface area (Å²) in [4.78, 5) is 14.9. The monoisotopic (exact) mass is 471 g/mol. The third-order valence-electron chi connectivity index (χ3n) is 5.74. The average Bonchev–Trinajstić information content (AvgIpc) is 3.50. The topological polar surface area (TPSA) is 91.6 Å². The first kappa shape index (κ1) is 23.0. The van der Waals surface area contributed by atoms with Gasteiger partial charge in [0.05, 0.1) is 17.2 Å². The Labute approximate surface area is 192 Å². The molecule has 3 aromatic rings. The molecule has 2 aromatic carbocycles. The number of amides is 1. The van der Waals surface area contributed by atoms with Crippen molar-refractivity contribution in [3.05, 3.63) is 83.6 Å². The minimum absolute atomic E-state index is 0.0652. The molecule has 0 unspecified atom stereocenters. The molecule has 33 heavy (non-hydrogen) atoms. The SMILES string of the molecule is Cc1ccc(S(=O)(=O)Nc2cccc(C(=O)NC[C@H](c3ccco3)N3CCCC3)c2)cc1F. The molecule has 1 atom stereocenters. The van der Waals surface area contributed by atoms with Crippen LogP contribution in [0.2, 0.25) is 0 Å². The molecule has 4 rings (SSSR count). The Morgan fingerprint density at radius 2 is 1.91 bits per heavy atom. The molecule has 1 fully saturated rings. The number of sulfonamides is 1. The van der Waals surface area contributed by atoms with Gasteiger partial charge in [0.2, 0.25) is 0 Å². The Balaban J connectivity index is 1.45. The summed E-state index contributed by atoms with van der Waals surface area (Å²) in [5, 5.41) is 2.93. The number of anilines is 1. The van der Waals surface area contributed by atoms with Gasteiger partial charge in [-0.25, -0.2) is 12.8 Å². The van der Waals surface area contributed by atoms with Gasteiger partial charge in [-0.1, -0.05) is 12.1 Å². The van der Waals surface area contributed by atoms with E-state index in [1.807, 2.05) is 12.1 Å². The fourth-order valence-corrected chi connectivity index (χ4v) is 4.97. The molecule has 174 valence electrons. The van der Waals surface area contributed by atoms with Crippen LogP contribution in [-0.2, 0) is 10.0 Å². The van der Waals surface area contributed by atoms with Gasteiger partial charge in [-0.15, -0.1) is 0 Å². The number of likely N-dealkylation sites (tertiary alicyclic amines) is 1. The number of rotatable bonds is 8. The summed E-state index contributed by atoms with van der Waals surface area (Å²) in [7, 11) is -4.00. The normalized spacial score (nSPS) is 15.3. The molecule has 9 heteroatoms. The summed E-state index contributed by atoms with van der Waals surface area (Å²) in [5.41, 5.74) is 0.880. The molecule has 2 heterocycles. The van der Waals surface area contributed by atoms with E-state index in [1.165, 1.54) is 24.3 Å². The molecular formula is C24H26FN3O4S. The van der Waals surface area contributed by atoms with E-state index >= 15 is 0 Å². The van der Waals surface area contributed by atoms with Crippen LogP contribution < -0.4 is 10.0 Å². The summed E-state index contributed by atoms with van der Waals surface area (Å²) in [6, 6.07) is 13.6. The third kappa shape index (κ3) is 5.43. The van der Waals surface area contributed by atoms with Crippen molar-refractivity contribution in [3.8, 4) is 0 Å². The zero-order valence-electron chi connectivity index (χ0n) is 18.3. The summed E-state index contributed by atoms with van der Waals surface area (Å²) in [5.74, 6) is -0.132. The third-order valence-corrected chi connectivity index (χ3v) is 7.12. The van der Waals surface area contributed by atoms with Gasteiger partial charge in [-0.05, 0) is 80.9 Å². The van der Waals surface area contributed by atoms with E-state index in [2.05, 4.69) is 14.9 Å². The maximum atomic E-state index is 13.8. The first-order valence-corrected chi connectivity index (χ1v) is 12.3.